The molecule has 0 aliphatic carbocycles. The second-order valence-electron chi connectivity index (χ2n) is 5.38. The van der Waals surface area contributed by atoms with E-state index < -0.39 is 0 Å². The third-order valence-electron chi connectivity index (χ3n) is 3.27. The summed E-state index contributed by atoms with van der Waals surface area (Å²) in [4.78, 5) is 25.7. The molecule has 2 amide bonds. The van der Waals surface area contributed by atoms with Crippen LogP contribution >= 0.6 is 0 Å². The van der Waals surface area contributed by atoms with Crippen LogP contribution in [-0.4, -0.2) is 47.6 Å². The highest BCUT2D eigenvalue weighted by Crippen LogP contribution is 2.19. The van der Waals surface area contributed by atoms with Gasteiger partial charge in [-0.3, -0.25) is 9.59 Å². The van der Waals surface area contributed by atoms with Gasteiger partial charge in [0.1, 0.15) is 6.04 Å². The lowest BCUT2D eigenvalue weighted by molar-refractivity contribution is -0.140. The maximum absolute atomic E-state index is 12.0. The lowest BCUT2D eigenvalue weighted by Crippen LogP contribution is -2.48. The lowest BCUT2D eigenvalue weighted by atomic mass is 10.1. The van der Waals surface area contributed by atoms with Gasteiger partial charge < -0.3 is 15.3 Å². The summed E-state index contributed by atoms with van der Waals surface area (Å²) >= 11 is 0. The molecule has 2 N–H and O–H groups in total. The number of rotatable bonds is 5. The average Bonchev–Trinajstić information content (AvgIpc) is 2.83. The van der Waals surface area contributed by atoms with Gasteiger partial charge in [0, 0.05) is 25.6 Å². The number of carbonyl (C=O) groups excluding carboxylic acids is 2. The van der Waals surface area contributed by atoms with Crippen molar-refractivity contribution < 1.29 is 14.7 Å². The van der Waals surface area contributed by atoms with Crippen molar-refractivity contribution >= 4 is 11.8 Å². The number of nitrogens with one attached hydrogen (secondary N) is 1. The standard InChI is InChI=1S/C13H24N2O3/c1-9(2)13(18)15-6-4-5-11(15)12(17)14-7-10(3)8-16/h9-11,16H,4-8H2,1-3H3,(H,14,17). The van der Waals surface area contributed by atoms with E-state index in [2.05, 4.69) is 5.32 Å². The molecule has 0 aromatic rings. The van der Waals surface area contributed by atoms with E-state index in [4.69, 9.17) is 5.11 Å². The summed E-state index contributed by atoms with van der Waals surface area (Å²) in [7, 11) is 0. The van der Waals surface area contributed by atoms with E-state index in [1.54, 1.807) is 4.90 Å². The second kappa shape index (κ2) is 6.73. The molecule has 0 radical (unpaired) electrons. The predicted octanol–water partition coefficient (Wildman–Crippen LogP) is 0.378. The van der Waals surface area contributed by atoms with Gasteiger partial charge in [-0.2, -0.15) is 0 Å². The Morgan fingerprint density at radius 1 is 1.39 bits per heavy atom. The molecule has 0 saturated carbocycles. The molecule has 0 aromatic heterocycles. The zero-order valence-electron chi connectivity index (χ0n) is 11.5. The fourth-order valence-electron chi connectivity index (χ4n) is 2.09. The third kappa shape index (κ3) is 3.70. The summed E-state index contributed by atoms with van der Waals surface area (Å²) in [6.45, 7) is 6.75. The van der Waals surface area contributed by atoms with Gasteiger partial charge >= 0.3 is 0 Å². The third-order valence-corrected chi connectivity index (χ3v) is 3.27. The number of hydrogen-bond donors (Lipinski definition) is 2. The first-order chi connectivity index (χ1) is 8.47. The average molecular weight is 256 g/mol. The van der Waals surface area contributed by atoms with Crippen LogP contribution in [0.25, 0.3) is 0 Å². The van der Waals surface area contributed by atoms with Crippen LogP contribution in [0.15, 0.2) is 0 Å². The first-order valence-corrected chi connectivity index (χ1v) is 6.66. The monoisotopic (exact) mass is 256 g/mol. The Kier molecular flexibility index (Phi) is 5.59. The van der Waals surface area contributed by atoms with E-state index in [1.807, 2.05) is 20.8 Å². The molecule has 5 heteroatoms. The quantitative estimate of drug-likeness (QED) is 0.747. The van der Waals surface area contributed by atoms with Crippen molar-refractivity contribution in [2.45, 2.75) is 39.7 Å². The van der Waals surface area contributed by atoms with Crippen LogP contribution in [0.5, 0.6) is 0 Å². The highest BCUT2D eigenvalue weighted by Gasteiger charge is 2.34. The topological polar surface area (TPSA) is 69.6 Å². The van der Waals surface area contributed by atoms with Crippen LogP contribution < -0.4 is 5.32 Å². The minimum Gasteiger partial charge on any atom is -0.396 e. The maximum Gasteiger partial charge on any atom is 0.242 e. The molecule has 1 heterocycles. The molecule has 0 spiro atoms. The number of hydrogen-bond acceptors (Lipinski definition) is 3. The smallest absolute Gasteiger partial charge is 0.242 e. The molecule has 1 saturated heterocycles. The molecule has 1 aliphatic heterocycles. The SMILES string of the molecule is CC(CO)CNC(=O)C1CCCN1C(=O)C(C)C. The van der Waals surface area contributed by atoms with Gasteiger partial charge in [-0.05, 0) is 18.8 Å². The molecule has 1 fully saturated rings. The van der Waals surface area contributed by atoms with E-state index in [-0.39, 0.29) is 36.3 Å². The maximum atomic E-state index is 12.0. The van der Waals surface area contributed by atoms with Crippen LogP contribution in [0.1, 0.15) is 33.6 Å². The number of aliphatic hydroxyl groups excluding tert-OH is 1. The van der Waals surface area contributed by atoms with Crippen LogP contribution in [0.3, 0.4) is 0 Å². The Labute approximate surface area is 109 Å². The summed E-state index contributed by atoms with van der Waals surface area (Å²) in [5.74, 6) is -0.0796. The molecule has 2 atom stereocenters. The normalized spacial score (nSPS) is 21.2. The van der Waals surface area contributed by atoms with Crippen molar-refractivity contribution in [3.05, 3.63) is 0 Å². The van der Waals surface area contributed by atoms with Crippen molar-refractivity contribution in [1.82, 2.24) is 10.2 Å². The number of carbonyl (C=O) groups is 2. The zero-order chi connectivity index (χ0) is 13.7. The Morgan fingerprint density at radius 2 is 2.06 bits per heavy atom. The van der Waals surface area contributed by atoms with Crippen molar-refractivity contribution in [2.24, 2.45) is 11.8 Å². The van der Waals surface area contributed by atoms with Crippen LogP contribution in [0.2, 0.25) is 0 Å². The van der Waals surface area contributed by atoms with Crippen molar-refractivity contribution in [3.63, 3.8) is 0 Å². The number of likely N-dealkylation sites (tertiary alicyclic amines) is 1. The molecular weight excluding hydrogens is 232 g/mol. The minimum absolute atomic E-state index is 0.0443. The molecule has 1 aliphatic rings. The van der Waals surface area contributed by atoms with Gasteiger partial charge in [0.25, 0.3) is 0 Å². The van der Waals surface area contributed by atoms with Gasteiger partial charge in [0.05, 0.1) is 0 Å². The summed E-state index contributed by atoms with van der Waals surface area (Å²) in [5, 5.41) is 11.7. The molecule has 18 heavy (non-hydrogen) atoms. The number of nitrogens with zero attached hydrogens (tertiary/aromatic N) is 1. The Bertz CT molecular complexity index is 305. The number of aliphatic hydroxyl groups is 1. The first kappa shape index (κ1) is 15.0. The Balaban J connectivity index is 2.53. The van der Waals surface area contributed by atoms with Gasteiger partial charge in [-0.25, -0.2) is 0 Å². The summed E-state index contributed by atoms with van der Waals surface area (Å²) in [5.41, 5.74) is 0. The first-order valence-electron chi connectivity index (χ1n) is 6.66. The second-order valence-corrected chi connectivity index (χ2v) is 5.38. The molecule has 104 valence electrons. The highest BCUT2D eigenvalue weighted by molar-refractivity contribution is 5.88. The largest absolute Gasteiger partial charge is 0.396 e. The van der Waals surface area contributed by atoms with E-state index >= 15 is 0 Å². The van der Waals surface area contributed by atoms with Crippen molar-refractivity contribution in [1.29, 1.82) is 0 Å². The molecule has 0 aromatic carbocycles. The van der Waals surface area contributed by atoms with Gasteiger partial charge in [0.15, 0.2) is 0 Å². The predicted molar refractivity (Wildman–Crippen MR) is 68.8 cm³/mol. The molecule has 5 nitrogen and oxygen atoms in total. The van der Waals surface area contributed by atoms with Crippen LogP contribution in [0, 0.1) is 11.8 Å². The minimum atomic E-state index is -0.328. The van der Waals surface area contributed by atoms with E-state index in [9.17, 15) is 9.59 Å². The van der Waals surface area contributed by atoms with Gasteiger partial charge in [-0.1, -0.05) is 20.8 Å². The zero-order valence-corrected chi connectivity index (χ0v) is 11.5. The van der Waals surface area contributed by atoms with Crippen LogP contribution in [-0.2, 0) is 9.59 Å². The van der Waals surface area contributed by atoms with Gasteiger partial charge in [-0.15, -0.1) is 0 Å². The molecule has 1 rings (SSSR count). The van der Waals surface area contributed by atoms with Crippen molar-refractivity contribution in [3.8, 4) is 0 Å². The van der Waals surface area contributed by atoms with E-state index in [0.717, 1.165) is 12.8 Å². The molecule has 2 unspecified atom stereocenters. The fraction of sp³-hybridized carbons (Fsp3) is 0.846. The lowest BCUT2D eigenvalue weighted by Gasteiger charge is -2.26. The Hall–Kier alpha value is -1.10. The van der Waals surface area contributed by atoms with Crippen molar-refractivity contribution in [2.75, 3.05) is 19.7 Å². The Morgan fingerprint density at radius 3 is 2.61 bits per heavy atom. The number of amides is 2. The molecular formula is C13H24N2O3. The van der Waals surface area contributed by atoms with Gasteiger partial charge in [0.2, 0.25) is 11.8 Å². The van der Waals surface area contributed by atoms with E-state index in [1.165, 1.54) is 0 Å². The summed E-state index contributed by atoms with van der Waals surface area (Å²) in [6, 6.07) is -0.328. The van der Waals surface area contributed by atoms with E-state index in [0.29, 0.717) is 13.1 Å². The summed E-state index contributed by atoms with van der Waals surface area (Å²) in [6.07, 6.45) is 1.61. The van der Waals surface area contributed by atoms with Crippen LogP contribution in [0.4, 0.5) is 0 Å². The molecule has 0 bridgehead atoms. The summed E-state index contributed by atoms with van der Waals surface area (Å²) < 4.78 is 0. The fourth-order valence-corrected chi connectivity index (χ4v) is 2.09. The highest BCUT2D eigenvalue weighted by atomic mass is 16.3.